The fourth-order valence-electron chi connectivity index (χ4n) is 1.28. The summed E-state index contributed by atoms with van der Waals surface area (Å²) in [6, 6.07) is 7.18. The number of hydrogen-bond donors (Lipinski definition) is 2. The molecule has 17 heavy (non-hydrogen) atoms. The Morgan fingerprint density at radius 1 is 1.12 bits per heavy atom. The lowest BCUT2D eigenvalue weighted by molar-refractivity contribution is 0.306. The molecule has 0 unspecified atom stereocenters. The van der Waals surface area contributed by atoms with Gasteiger partial charge in [0.25, 0.3) is 0 Å². The first-order valence-corrected chi connectivity index (χ1v) is 7.12. The molecule has 0 saturated heterocycles. The molecule has 0 atom stereocenters. The summed E-state index contributed by atoms with van der Waals surface area (Å²) in [6.07, 6.45) is 0.997. The van der Waals surface area contributed by atoms with Crippen LogP contribution in [0.15, 0.2) is 24.3 Å². The first kappa shape index (κ1) is 14.0. The van der Waals surface area contributed by atoms with Gasteiger partial charge in [0.05, 0.1) is 13.7 Å². The molecular weight excluding hydrogens is 243 g/mol. The van der Waals surface area contributed by atoms with Crippen LogP contribution < -0.4 is 9.47 Å². The third kappa shape index (κ3) is 6.31. The zero-order valence-electron chi connectivity index (χ0n) is 9.70. The molecule has 5 nitrogen and oxygen atoms in total. The van der Waals surface area contributed by atoms with Crippen molar-refractivity contribution in [2.45, 2.75) is 12.8 Å². The summed E-state index contributed by atoms with van der Waals surface area (Å²) in [7, 11) is -2.27. The van der Waals surface area contributed by atoms with Crippen LogP contribution in [-0.4, -0.2) is 29.7 Å². The molecule has 0 aliphatic rings. The molecule has 6 heteroatoms. The Hall–Kier alpha value is -1.03. The van der Waals surface area contributed by atoms with Gasteiger partial charge in [-0.15, -0.1) is 0 Å². The van der Waals surface area contributed by atoms with Gasteiger partial charge >= 0.3 is 7.60 Å². The van der Waals surface area contributed by atoms with Gasteiger partial charge in [-0.25, -0.2) is 0 Å². The van der Waals surface area contributed by atoms with Crippen LogP contribution in [-0.2, 0) is 4.57 Å². The summed E-state index contributed by atoms with van der Waals surface area (Å²) >= 11 is 0. The van der Waals surface area contributed by atoms with Crippen molar-refractivity contribution in [1.29, 1.82) is 0 Å². The van der Waals surface area contributed by atoms with Gasteiger partial charge in [-0.2, -0.15) is 0 Å². The number of hydrogen-bond acceptors (Lipinski definition) is 3. The Morgan fingerprint density at radius 2 is 1.71 bits per heavy atom. The lowest BCUT2D eigenvalue weighted by atomic mass is 10.3. The Labute approximate surface area is 101 Å². The van der Waals surface area contributed by atoms with E-state index in [4.69, 9.17) is 19.3 Å². The smallest absolute Gasteiger partial charge is 0.325 e. The average Bonchev–Trinajstić information content (AvgIpc) is 2.28. The molecule has 0 radical (unpaired) electrons. The van der Waals surface area contributed by atoms with Crippen molar-refractivity contribution in [2.75, 3.05) is 19.9 Å². The van der Waals surface area contributed by atoms with Gasteiger partial charge in [-0.3, -0.25) is 4.57 Å². The summed E-state index contributed by atoms with van der Waals surface area (Å²) < 4.78 is 21.0. The molecule has 0 aliphatic heterocycles. The van der Waals surface area contributed by atoms with Crippen LogP contribution in [0.2, 0.25) is 0 Å². The molecule has 1 aromatic carbocycles. The summed E-state index contributed by atoms with van der Waals surface area (Å²) in [4.78, 5) is 17.3. The van der Waals surface area contributed by atoms with Crippen molar-refractivity contribution in [2.24, 2.45) is 0 Å². The molecule has 0 fully saturated rings. The highest BCUT2D eigenvalue weighted by Gasteiger charge is 2.11. The second kappa shape index (κ2) is 6.64. The van der Waals surface area contributed by atoms with E-state index in [1.807, 2.05) is 0 Å². The quantitative estimate of drug-likeness (QED) is 0.579. The summed E-state index contributed by atoms with van der Waals surface area (Å²) in [5, 5.41) is 0. The monoisotopic (exact) mass is 260 g/mol. The maximum absolute atomic E-state index is 10.6. The van der Waals surface area contributed by atoms with Crippen LogP contribution in [0, 0.1) is 0 Å². The van der Waals surface area contributed by atoms with E-state index in [1.54, 1.807) is 31.4 Å². The number of benzene rings is 1. The molecule has 1 rings (SSSR count). The first-order chi connectivity index (χ1) is 8.01. The van der Waals surface area contributed by atoms with Crippen molar-refractivity contribution in [3.8, 4) is 11.5 Å². The maximum atomic E-state index is 10.6. The third-order valence-corrected chi connectivity index (χ3v) is 3.07. The third-order valence-electron chi connectivity index (χ3n) is 2.17. The lowest BCUT2D eigenvalue weighted by Crippen LogP contribution is -1.99. The molecule has 0 saturated carbocycles. The number of ether oxygens (including phenoxy) is 2. The Morgan fingerprint density at radius 3 is 2.24 bits per heavy atom. The fourth-order valence-corrected chi connectivity index (χ4v) is 1.92. The van der Waals surface area contributed by atoms with Gasteiger partial charge in [0, 0.05) is 6.16 Å². The van der Waals surface area contributed by atoms with Crippen molar-refractivity contribution >= 4 is 7.60 Å². The second-order valence-corrected chi connectivity index (χ2v) is 5.40. The van der Waals surface area contributed by atoms with Crippen LogP contribution in [0.4, 0.5) is 0 Å². The average molecular weight is 260 g/mol. The highest BCUT2D eigenvalue weighted by molar-refractivity contribution is 7.51. The molecule has 2 N–H and O–H groups in total. The highest BCUT2D eigenvalue weighted by atomic mass is 31.2. The predicted octanol–water partition coefficient (Wildman–Crippen LogP) is 2.03. The zero-order valence-corrected chi connectivity index (χ0v) is 10.6. The van der Waals surface area contributed by atoms with E-state index in [9.17, 15) is 4.57 Å². The van der Waals surface area contributed by atoms with Gasteiger partial charge < -0.3 is 19.3 Å². The Bertz CT molecular complexity index is 370. The molecule has 0 aromatic heterocycles. The minimum absolute atomic E-state index is 0.0844. The summed E-state index contributed by atoms with van der Waals surface area (Å²) in [6.45, 7) is 0.451. The maximum Gasteiger partial charge on any atom is 0.325 e. The number of rotatable bonds is 7. The summed E-state index contributed by atoms with van der Waals surface area (Å²) in [5.41, 5.74) is 0. The van der Waals surface area contributed by atoms with Crippen molar-refractivity contribution in [3.63, 3.8) is 0 Å². The lowest BCUT2D eigenvalue weighted by Gasteiger charge is -2.07. The van der Waals surface area contributed by atoms with Crippen molar-refractivity contribution in [1.82, 2.24) is 0 Å². The standard InChI is InChI=1S/C11H17O5P/c1-15-10-4-6-11(7-5-10)16-8-2-3-9-17(12,13)14/h4-7H,2-3,8-9H2,1H3,(H2,12,13,14). The minimum Gasteiger partial charge on any atom is -0.497 e. The van der Waals surface area contributed by atoms with E-state index < -0.39 is 7.60 Å². The molecule has 0 amide bonds. The van der Waals surface area contributed by atoms with Crippen LogP contribution in [0.25, 0.3) is 0 Å². The van der Waals surface area contributed by atoms with Gasteiger partial charge in [0.1, 0.15) is 11.5 Å². The molecular formula is C11H17O5P. The Kier molecular flexibility index (Phi) is 5.48. The van der Waals surface area contributed by atoms with E-state index >= 15 is 0 Å². The molecule has 96 valence electrons. The highest BCUT2D eigenvalue weighted by Crippen LogP contribution is 2.35. The van der Waals surface area contributed by atoms with Crippen LogP contribution >= 0.6 is 7.60 Å². The predicted molar refractivity (Wildman–Crippen MR) is 64.6 cm³/mol. The molecule has 0 heterocycles. The minimum atomic E-state index is -3.86. The molecule has 0 spiro atoms. The normalized spacial score (nSPS) is 11.2. The second-order valence-electron chi connectivity index (χ2n) is 3.62. The van der Waals surface area contributed by atoms with Crippen LogP contribution in [0.1, 0.15) is 12.8 Å². The SMILES string of the molecule is COc1ccc(OCCCCP(=O)(O)O)cc1. The topological polar surface area (TPSA) is 76.0 Å². The Balaban J connectivity index is 2.20. The van der Waals surface area contributed by atoms with E-state index in [0.717, 1.165) is 11.5 Å². The van der Waals surface area contributed by atoms with Crippen molar-refractivity contribution in [3.05, 3.63) is 24.3 Å². The molecule has 0 bridgehead atoms. The first-order valence-electron chi connectivity index (χ1n) is 5.33. The molecule has 1 aromatic rings. The van der Waals surface area contributed by atoms with E-state index in [0.29, 0.717) is 19.4 Å². The van der Waals surface area contributed by atoms with Gasteiger partial charge in [0.2, 0.25) is 0 Å². The fraction of sp³-hybridized carbons (Fsp3) is 0.455. The van der Waals surface area contributed by atoms with Crippen LogP contribution in [0.5, 0.6) is 11.5 Å². The van der Waals surface area contributed by atoms with Crippen LogP contribution in [0.3, 0.4) is 0 Å². The van der Waals surface area contributed by atoms with E-state index in [1.165, 1.54) is 0 Å². The van der Waals surface area contributed by atoms with Gasteiger partial charge in [-0.1, -0.05) is 0 Å². The largest absolute Gasteiger partial charge is 0.497 e. The van der Waals surface area contributed by atoms with Crippen molar-refractivity contribution < 1.29 is 23.8 Å². The van der Waals surface area contributed by atoms with Gasteiger partial charge in [-0.05, 0) is 37.1 Å². The zero-order chi connectivity index (χ0) is 12.7. The van der Waals surface area contributed by atoms with E-state index in [2.05, 4.69) is 0 Å². The molecule has 0 aliphatic carbocycles. The van der Waals surface area contributed by atoms with E-state index in [-0.39, 0.29) is 6.16 Å². The summed E-state index contributed by atoms with van der Waals surface area (Å²) in [5.74, 6) is 1.49. The number of unbranched alkanes of at least 4 members (excludes halogenated alkanes) is 1. The number of methoxy groups -OCH3 is 1. The van der Waals surface area contributed by atoms with Gasteiger partial charge in [0.15, 0.2) is 0 Å².